The van der Waals surface area contributed by atoms with Gasteiger partial charge in [-0.05, 0) is 93.0 Å². The van der Waals surface area contributed by atoms with Crippen LogP contribution in [0.3, 0.4) is 0 Å². The van der Waals surface area contributed by atoms with E-state index in [1.165, 1.54) is 93.1 Å². The Morgan fingerprint density at radius 2 is 0.731 bits per heavy atom. The van der Waals surface area contributed by atoms with Gasteiger partial charge in [0, 0.05) is 32.6 Å². The molecule has 0 amide bonds. The van der Waals surface area contributed by atoms with Gasteiger partial charge >= 0.3 is 0 Å². The Hall–Kier alpha value is -6.90. The Labute approximate surface area is 301 Å². The fourth-order valence-electron chi connectivity index (χ4n) is 8.58. The second-order valence-corrected chi connectivity index (χ2v) is 13.7. The van der Waals surface area contributed by atoms with Crippen LogP contribution in [0.1, 0.15) is 0 Å². The summed E-state index contributed by atoms with van der Waals surface area (Å²) in [6, 6.07) is 71.0. The third-order valence-corrected chi connectivity index (χ3v) is 10.9. The van der Waals surface area contributed by atoms with E-state index in [2.05, 4.69) is 203 Å². The van der Waals surface area contributed by atoms with Gasteiger partial charge in [0.15, 0.2) is 0 Å². The van der Waals surface area contributed by atoms with Gasteiger partial charge in [-0.1, -0.05) is 140 Å². The molecule has 52 heavy (non-hydrogen) atoms. The van der Waals surface area contributed by atoms with Gasteiger partial charge < -0.3 is 9.13 Å². The van der Waals surface area contributed by atoms with Crippen LogP contribution in [-0.2, 0) is 0 Å². The van der Waals surface area contributed by atoms with E-state index >= 15 is 0 Å². The molecule has 0 bridgehead atoms. The number of hydrogen-bond acceptors (Lipinski definition) is 0. The molecule has 0 spiro atoms. The van der Waals surface area contributed by atoms with Crippen molar-refractivity contribution < 1.29 is 0 Å². The molecule has 2 aromatic heterocycles. The summed E-state index contributed by atoms with van der Waals surface area (Å²) in [6.45, 7) is 0. The number of benzene rings is 9. The molecule has 9 aromatic carbocycles. The summed E-state index contributed by atoms with van der Waals surface area (Å²) in [4.78, 5) is 0. The molecule has 0 N–H and O–H groups in total. The van der Waals surface area contributed by atoms with E-state index in [4.69, 9.17) is 0 Å². The van der Waals surface area contributed by atoms with Gasteiger partial charge in [-0.2, -0.15) is 0 Å². The van der Waals surface area contributed by atoms with Crippen LogP contribution in [-0.4, -0.2) is 9.13 Å². The van der Waals surface area contributed by atoms with E-state index in [-0.39, 0.29) is 0 Å². The predicted octanol–water partition coefficient (Wildman–Crippen LogP) is 13.5. The number of rotatable bonds is 4. The Morgan fingerprint density at radius 1 is 0.269 bits per heavy atom. The molecule has 0 aliphatic rings. The molecular weight excluding hydrogens is 629 g/mol. The number of fused-ring (bicyclic) bond motifs is 10. The molecule has 0 unspecified atom stereocenters. The van der Waals surface area contributed by atoms with Crippen LogP contribution in [0.4, 0.5) is 0 Å². The Kier molecular flexibility index (Phi) is 6.28. The first kappa shape index (κ1) is 28.9. The zero-order chi connectivity index (χ0) is 34.2. The molecule has 2 heterocycles. The average Bonchev–Trinajstić information content (AvgIpc) is 3.73. The monoisotopic (exact) mass is 660 g/mol. The fourth-order valence-corrected chi connectivity index (χ4v) is 8.58. The Balaban J connectivity index is 1.35. The van der Waals surface area contributed by atoms with Gasteiger partial charge in [-0.3, -0.25) is 0 Å². The van der Waals surface area contributed by atoms with E-state index in [0.29, 0.717) is 0 Å². The third kappa shape index (κ3) is 4.25. The lowest BCUT2D eigenvalue weighted by molar-refractivity contribution is 1.18. The van der Waals surface area contributed by atoms with Crippen molar-refractivity contribution in [2.75, 3.05) is 0 Å². The van der Waals surface area contributed by atoms with E-state index in [0.717, 1.165) is 5.69 Å². The zero-order valence-electron chi connectivity index (χ0n) is 28.4. The average molecular weight is 661 g/mol. The minimum Gasteiger partial charge on any atom is -0.309 e. The molecule has 242 valence electrons. The minimum atomic E-state index is 1.16. The van der Waals surface area contributed by atoms with Gasteiger partial charge in [0.25, 0.3) is 0 Å². The summed E-state index contributed by atoms with van der Waals surface area (Å²) in [6.07, 6.45) is 0. The summed E-state index contributed by atoms with van der Waals surface area (Å²) in [5.74, 6) is 0. The number of para-hydroxylation sites is 1. The highest BCUT2D eigenvalue weighted by Crippen LogP contribution is 2.45. The van der Waals surface area contributed by atoms with Gasteiger partial charge in [0.2, 0.25) is 0 Å². The van der Waals surface area contributed by atoms with Gasteiger partial charge in [-0.25, -0.2) is 0 Å². The SMILES string of the molecule is c1ccc(-c2ccc3c(c2)c2c4c5cc(-c6ccccc6)ccc5n(-c5cc6ccccc6c6ccccc56)c4ccc2n3-c2ccccc2)cc1. The van der Waals surface area contributed by atoms with Crippen molar-refractivity contribution in [1.29, 1.82) is 0 Å². The maximum absolute atomic E-state index is 2.51. The third-order valence-electron chi connectivity index (χ3n) is 10.9. The predicted molar refractivity (Wildman–Crippen MR) is 221 cm³/mol. The van der Waals surface area contributed by atoms with Crippen molar-refractivity contribution in [1.82, 2.24) is 9.13 Å². The summed E-state index contributed by atoms with van der Waals surface area (Å²) >= 11 is 0. The van der Waals surface area contributed by atoms with Crippen molar-refractivity contribution in [3.63, 3.8) is 0 Å². The first-order chi connectivity index (χ1) is 25.8. The molecule has 11 rings (SSSR count). The lowest BCUT2D eigenvalue weighted by Gasteiger charge is -2.14. The second kappa shape index (κ2) is 11.3. The Bertz CT molecular complexity index is 3150. The molecule has 0 aliphatic heterocycles. The van der Waals surface area contributed by atoms with Crippen molar-refractivity contribution in [2.45, 2.75) is 0 Å². The lowest BCUT2D eigenvalue weighted by Crippen LogP contribution is -1.96. The van der Waals surface area contributed by atoms with Crippen molar-refractivity contribution >= 4 is 65.2 Å². The van der Waals surface area contributed by atoms with Crippen LogP contribution in [0.25, 0.3) is 98.8 Å². The summed E-state index contributed by atoms with van der Waals surface area (Å²) in [7, 11) is 0. The largest absolute Gasteiger partial charge is 0.309 e. The van der Waals surface area contributed by atoms with Crippen LogP contribution < -0.4 is 0 Å². The summed E-state index contributed by atoms with van der Waals surface area (Å²) in [5, 5.41) is 10.1. The first-order valence-electron chi connectivity index (χ1n) is 17.9. The molecule has 2 heteroatoms. The zero-order valence-corrected chi connectivity index (χ0v) is 28.4. The van der Waals surface area contributed by atoms with Crippen molar-refractivity contribution in [3.05, 3.63) is 194 Å². The van der Waals surface area contributed by atoms with Crippen LogP contribution in [0.5, 0.6) is 0 Å². The van der Waals surface area contributed by atoms with Gasteiger partial charge in [0.1, 0.15) is 0 Å². The maximum Gasteiger partial charge on any atom is 0.0549 e. The van der Waals surface area contributed by atoms with E-state index in [9.17, 15) is 0 Å². The Morgan fingerprint density at radius 3 is 1.35 bits per heavy atom. The van der Waals surface area contributed by atoms with E-state index in [1.54, 1.807) is 0 Å². The minimum absolute atomic E-state index is 1.16. The van der Waals surface area contributed by atoms with Crippen molar-refractivity contribution in [2.24, 2.45) is 0 Å². The topological polar surface area (TPSA) is 9.86 Å². The van der Waals surface area contributed by atoms with Crippen LogP contribution in [0.2, 0.25) is 0 Å². The smallest absolute Gasteiger partial charge is 0.0549 e. The number of aromatic nitrogens is 2. The number of hydrogen-bond donors (Lipinski definition) is 0. The molecule has 0 saturated carbocycles. The fraction of sp³-hybridized carbons (Fsp3) is 0. The second-order valence-electron chi connectivity index (χ2n) is 13.7. The highest BCUT2D eigenvalue weighted by atomic mass is 15.0. The highest BCUT2D eigenvalue weighted by molar-refractivity contribution is 6.30. The van der Waals surface area contributed by atoms with Crippen LogP contribution in [0.15, 0.2) is 194 Å². The van der Waals surface area contributed by atoms with Crippen LogP contribution >= 0.6 is 0 Å². The molecule has 11 aromatic rings. The summed E-state index contributed by atoms with van der Waals surface area (Å²) in [5.41, 5.74) is 12.0. The van der Waals surface area contributed by atoms with Crippen molar-refractivity contribution in [3.8, 4) is 33.6 Å². The molecule has 0 fully saturated rings. The molecule has 0 saturated heterocycles. The number of nitrogens with zero attached hydrogens (tertiary/aromatic N) is 2. The normalized spacial score (nSPS) is 11.8. The highest BCUT2D eigenvalue weighted by Gasteiger charge is 2.22. The molecular formula is C50H32N2. The standard InChI is InChI=1S/C50H32N2/c1-4-14-33(15-5-1)35-24-26-44-42(30-35)49-46(51(44)38-19-8-3-9-20-38)28-29-47-50(49)43-31-36(34-16-6-2-7-17-34)25-27-45(43)52(47)48-32-37-18-10-11-21-39(37)40-22-12-13-23-41(40)48/h1-32H. The van der Waals surface area contributed by atoms with E-state index in [1.807, 2.05) is 0 Å². The van der Waals surface area contributed by atoms with Gasteiger partial charge in [0.05, 0.1) is 27.8 Å². The summed E-state index contributed by atoms with van der Waals surface area (Å²) < 4.78 is 4.95. The molecule has 2 nitrogen and oxygen atoms in total. The molecule has 0 radical (unpaired) electrons. The molecule has 0 atom stereocenters. The maximum atomic E-state index is 2.51. The van der Waals surface area contributed by atoms with Crippen LogP contribution in [0, 0.1) is 0 Å². The quantitative estimate of drug-likeness (QED) is 0.166. The molecule has 0 aliphatic carbocycles. The first-order valence-corrected chi connectivity index (χ1v) is 17.9. The van der Waals surface area contributed by atoms with Gasteiger partial charge in [-0.15, -0.1) is 0 Å². The van der Waals surface area contributed by atoms with E-state index < -0.39 is 0 Å². The lowest BCUT2D eigenvalue weighted by atomic mass is 9.99.